The average molecular weight is 492 g/mol. The summed E-state index contributed by atoms with van der Waals surface area (Å²) in [4.78, 5) is 36.7. The highest BCUT2D eigenvalue weighted by Gasteiger charge is 2.16. The normalized spacial score (nSPS) is 10.4. The van der Waals surface area contributed by atoms with Crippen LogP contribution in [0.1, 0.15) is 22.8 Å². The molecule has 3 aromatic carbocycles. The first-order valence-electron chi connectivity index (χ1n) is 10.9. The second kappa shape index (κ2) is 12.6. The van der Waals surface area contributed by atoms with Crippen molar-refractivity contribution < 1.29 is 33.3 Å². The molecule has 0 spiro atoms. The van der Waals surface area contributed by atoms with E-state index in [1.807, 2.05) is 6.92 Å². The lowest BCUT2D eigenvalue weighted by atomic mass is 10.2. The first kappa shape index (κ1) is 25.8. The van der Waals surface area contributed by atoms with Crippen molar-refractivity contribution in [3.05, 3.63) is 77.9 Å². The second-order valence-corrected chi connectivity index (χ2v) is 7.11. The van der Waals surface area contributed by atoms with Crippen LogP contribution >= 0.6 is 0 Å². The van der Waals surface area contributed by atoms with E-state index in [0.29, 0.717) is 34.9 Å². The van der Waals surface area contributed by atoms with Crippen molar-refractivity contribution in [2.75, 3.05) is 26.1 Å². The number of methoxy groups -OCH3 is 2. The number of hydrogen-bond acceptors (Lipinski definition) is 8. The van der Waals surface area contributed by atoms with Gasteiger partial charge in [0.25, 0.3) is 0 Å². The molecule has 36 heavy (non-hydrogen) atoms. The highest BCUT2D eigenvalue weighted by molar-refractivity contribution is 6.39. The van der Waals surface area contributed by atoms with E-state index < -0.39 is 17.8 Å². The van der Waals surface area contributed by atoms with Crippen LogP contribution in [0.15, 0.2) is 71.8 Å². The van der Waals surface area contributed by atoms with Crippen molar-refractivity contribution >= 4 is 29.7 Å². The molecule has 2 N–H and O–H groups in total. The van der Waals surface area contributed by atoms with Gasteiger partial charge < -0.3 is 24.3 Å². The van der Waals surface area contributed by atoms with Crippen LogP contribution in [0, 0.1) is 0 Å². The zero-order chi connectivity index (χ0) is 25.9. The quantitative estimate of drug-likeness (QED) is 0.155. The summed E-state index contributed by atoms with van der Waals surface area (Å²) in [7, 11) is 2.96. The molecule has 0 heterocycles. The van der Waals surface area contributed by atoms with Gasteiger partial charge in [0.15, 0.2) is 11.5 Å². The Kier molecular flexibility index (Phi) is 8.99. The maximum Gasteiger partial charge on any atom is 0.343 e. The minimum absolute atomic E-state index is 0.201. The van der Waals surface area contributed by atoms with E-state index in [0.717, 1.165) is 0 Å². The lowest BCUT2D eigenvalue weighted by Crippen LogP contribution is -2.32. The van der Waals surface area contributed by atoms with Gasteiger partial charge in [-0.2, -0.15) is 5.10 Å². The highest BCUT2D eigenvalue weighted by atomic mass is 16.6. The molecule has 3 aromatic rings. The molecule has 0 aliphatic heterocycles. The van der Waals surface area contributed by atoms with Crippen LogP contribution in [0.4, 0.5) is 5.69 Å². The van der Waals surface area contributed by atoms with Crippen molar-refractivity contribution in [2.24, 2.45) is 5.10 Å². The summed E-state index contributed by atoms with van der Waals surface area (Å²) in [6.45, 7) is 2.22. The minimum Gasteiger partial charge on any atom is -0.497 e. The Labute approximate surface area is 207 Å². The molecule has 10 nitrogen and oxygen atoms in total. The van der Waals surface area contributed by atoms with Crippen molar-refractivity contribution in [3.63, 3.8) is 0 Å². The molecule has 0 aliphatic carbocycles. The molecule has 0 aliphatic rings. The number of nitrogens with one attached hydrogen (secondary N) is 2. The third-order valence-electron chi connectivity index (χ3n) is 4.74. The van der Waals surface area contributed by atoms with Gasteiger partial charge in [-0.1, -0.05) is 12.1 Å². The molecular formula is C26H25N3O7. The lowest BCUT2D eigenvalue weighted by Gasteiger charge is -2.10. The molecular weight excluding hydrogens is 466 g/mol. The number of hydrazone groups is 1. The van der Waals surface area contributed by atoms with E-state index in [-0.39, 0.29) is 11.5 Å². The van der Waals surface area contributed by atoms with E-state index in [1.54, 1.807) is 60.7 Å². The van der Waals surface area contributed by atoms with E-state index >= 15 is 0 Å². The summed E-state index contributed by atoms with van der Waals surface area (Å²) in [5, 5.41) is 6.28. The number of ether oxygens (including phenoxy) is 4. The molecule has 10 heteroatoms. The number of anilines is 1. The first-order chi connectivity index (χ1) is 17.4. The molecule has 3 rings (SSSR count). The largest absolute Gasteiger partial charge is 0.497 e. The Morgan fingerprint density at radius 3 is 2.31 bits per heavy atom. The molecule has 0 bridgehead atoms. The number of amides is 2. The van der Waals surface area contributed by atoms with Crippen molar-refractivity contribution in [3.8, 4) is 23.0 Å². The number of nitrogens with zero attached hydrogens (tertiary/aromatic N) is 1. The third kappa shape index (κ3) is 6.83. The van der Waals surface area contributed by atoms with Gasteiger partial charge in [0, 0.05) is 0 Å². The lowest BCUT2D eigenvalue weighted by molar-refractivity contribution is -0.136. The summed E-state index contributed by atoms with van der Waals surface area (Å²) < 4.78 is 21.2. The standard InChI is InChI=1S/C26H25N3O7/c1-4-35-21-8-6-5-7-20(21)28-24(30)25(31)29-27-16-17-9-14-22(23(15-17)34-3)36-26(32)18-10-12-19(33-2)13-11-18/h5-16H,4H2,1-3H3,(H,28,30)(H,29,31)/b27-16+. The summed E-state index contributed by atoms with van der Waals surface area (Å²) in [5.41, 5.74) is 3.39. The molecule has 0 saturated heterocycles. The summed E-state index contributed by atoms with van der Waals surface area (Å²) in [5.74, 6) is -0.893. The molecule has 0 unspecified atom stereocenters. The van der Waals surface area contributed by atoms with Gasteiger partial charge in [-0.3, -0.25) is 9.59 Å². The first-order valence-corrected chi connectivity index (χ1v) is 10.9. The van der Waals surface area contributed by atoms with Crippen molar-refractivity contribution in [1.82, 2.24) is 5.43 Å². The smallest absolute Gasteiger partial charge is 0.343 e. The van der Waals surface area contributed by atoms with Crippen LogP contribution in [0.2, 0.25) is 0 Å². The van der Waals surface area contributed by atoms with Crippen LogP contribution < -0.4 is 29.7 Å². The number of hydrogen-bond donors (Lipinski definition) is 2. The summed E-state index contributed by atoms with van der Waals surface area (Å²) in [6, 6.07) is 17.9. The number of carbonyl (C=O) groups excluding carboxylic acids is 3. The van der Waals surface area contributed by atoms with E-state index in [2.05, 4.69) is 15.8 Å². The fourth-order valence-corrected chi connectivity index (χ4v) is 2.98. The number of esters is 1. The Bertz CT molecular complexity index is 1260. The SMILES string of the molecule is CCOc1ccccc1NC(=O)C(=O)N/N=C/c1ccc(OC(=O)c2ccc(OC)cc2)c(OC)c1. The van der Waals surface area contributed by atoms with E-state index in [4.69, 9.17) is 18.9 Å². The van der Waals surface area contributed by atoms with Crippen LogP contribution in [0.5, 0.6) is 23.0 Å². The van der Waals surface area contributed by atoms with Gasteiger partial charge in [-0.25, -0.2) is 10.2 Å². The maximum atomic E-state index is 12.4. The zero-order valence-corrected chi connectivity index (χ0v) is 19.9. The Balaban J connectivity index is 1.60. The molecule has 0 radical (unpaired) electrons. The van der Waals surface area contributed by atoms with Crippen LogP contribution in [-0.4, -0.2) is 44.8 Å². The predicted octanol–water partition coefficient (Wildman–Crippen LogP) is 3.41. The molecule has 186 valence electrons. The zero-order valence-electron chi connectivity index (χ0n) is 19.9. The average Bonchev–Trinajstić information content (AvgIpc) is 2.90. The number of para-hydroxylation sites is 2. The molecule has 2 amide bonds. The van der Waals surface area contributed by atoms with Gasteiger partial charge >= 0.3 is 17.8 Å². The summed E-state index contributed by atoms with van der Waals surface area (Å²) in [6.07, 6.45) is 1.32. The summed E-state index contributed by atoms with van der Waals surface area (Å²) >= 11 is 0. The fourth-order valence-electron chi connectivity index (χ4n) is 2.98. The molecule has 0 saturated carbocycles. The predicted molar refractivity (Wildman–Crippen MR) is 133 cm³/mol. The van der Waals surface area contributed by atoms with Gasteiger partial charge in [0.2, 0.25) is 0 Å². The number of benzene rings is 3. The van der Waals surface area contributed by atoms with Gasteiger partial charge in [-0.05, 0) is 67.1 Å². The molecule has 0 fully saturated rings. The maximum absolute atomic E-state index is 12.4. The highest BCUT2D eigenvalue weighted by Crippen LogP contribution is 2.28. The van der Waals surface area contributed by atoms with E-state index in [9.17, 15) is 14.4 Å². The van der Waals surface area contributed by atoms with Gasteiger partial charge in [-0.15, -0.1) is 0 Å². The second-order valence-electron chi connectivity index (χ2n) is 7.11. The monoisotopic (exact) mass is 491 g/mol. The van der Waals surface area contributed by atoms with Crippen LogP contribution in [0.25, 0.3) is 0 Å². The number of carbonyl (C=O) groups is 3. The Morgan fingerprint density at radius 2 is 1.61 bits per heavy atom. The molecule has 0 atom stereocenters. The minimum atomic E-state index is -0.963. The topological polar surface area (TPSA) is 125 Å². The number of rotatable bonds is 9. The Hall–Kier alpha value is -4.86. The molecule has 0 aromatic heterocycles. The van der Waals surface area contributed by atoms with Gasteiger partial charge in [0.05, 0.1) is 38.3 Å². The Morgan fingerprint density at radius 1 is 0.861 bits per heavy atom. The third-order valence-corrected chi connectivity index (χ3v) is 4.74. The van der Waals surface area contributed by atoms with Crippen molar-refractivity contribution in [2.45, 2.75) is 6.92 Å². The van der Waals surface area contributed by atoms with Crippen molar-refractivity contribution in [1.29, 1.82) is 0 Å². The van der Waals surface area contributed by atoms with E-state index in [1.165, 1.54) is 26.5 Å². The van der Waals surface area contributed by atoms with Crippen LogP contribution in [-0.2, 0) is 9.59 Å². The fraction of sp³-hybridized carbons (Fsp3) is 0.154. The van der Waals surface area contributed by atoms with Crippen LogP contribution in [0.3, 0.4) is 0 Å². The van der Waals surface area contributed by atoms with Gasteiger partial charge in [0.1, 0.15) is 11.5 Å².